The SMILES string of the molecule is CCSCCC(CCl)(CCSCC)P(=O)([O-])[O-]. The van der Waals surface area contributed by atoms with Crippen molar-refractivity contribution in [2.75, 3.05) is 28.9 Å². The van der Waals surface area contributed by atoms with Gasteiger partial charge in [-0.05, 0) is 35.9 Å². The van der Waals surface area contributed by atoms with E-state index in [1.807, 2.05) is 13.8 Å². The zero-order valence-corrected chi connectivity index (χ0v) is 13.6. The van der Waals surface area contributed by atoms with Crippen LogP contribution >= 0.6 is 42.7 Å². The zero-order chi connectivity index (χ0) is 13.4. The molecule has 0 spiro atoms. The highest BCUT2D eigenvalue weighted by atomic mass is 35.5. The Bertz CT molecular complexity index is 238. The summed E-state index contributed by atoms with van der Waals surface area (Å²) in [4.78, 5) is 22.9. The van der Waals surface area contributed by atoms with Gasteiger partial charge in [0.1, 0.15) is 0 Å². The number of hydrogen-bond acceptors (Lipinski definition) is 5. The molecule has 0 aliphatic heterocycles. The van der Waals surface area contributed by atoms with Crippen LogP contribution in [0.1, 0.15) is 26.7 Å². The van der Waals surface area contributed by atoms with Crippen molar-refractivity contribution in [2.45, 2.75) is 31.8 Å². The molecule has 104 valence electrons. The molecule has 0 saturated heterocycles. The van der Waals surface area contributed by atoms with Crippen LogP contribution in [-0.4, -0.2) is 34.0 Å². The first-order valence-corrected chi connectivity index (χ1v) is 10.1. The van der Waals surface area contributed by atoms with E-state index in [1.54, 1.807) is 23.5 Å². The van der Waals surface area contributed by atoms with Crippen LogP contribution in [-0.2, 0) is 4.57 Å². The van der Waals surface area contributed by atoms with Gasteiger partial charge < -0.3 is 14.4 Å². The van der Waals surface area contributed by atoms with E-state index in [1.165, 1.54) is 0 Å². The van der Waals surface area contributed by atoms with E-state index in [4.69, 9.17) is 11.6 Å². The number of hydrogen-bond donors (Lipinski definition) is 0. The van der Waals surface area contributed by atoms with Crippen LogP contribution in [0.4, 0.5) is 0 Å². The van der Waals surface area contributed by atoms with E-state index in [9.17, 15) is 14.4 Å². The van der Waals surface area contributed by atoms with Gasteiger partial charge in [-0.3, -0.25) is 0 Å². The molecular formula is C10H20ClO3PS2-2. The largest absolute Gasteiger partial charge is 0.810 e. The van der Waals surface area contributed by atoms with Gasteiger partial charge in [-0.2, -0.15) is 23.5 Å². The Kier molecular flexibility index (Phi) is 9.72. The van der Waals surface area contributed by atoms with Gasteiger partial charge in [0.25, 0.3) is 0 Å². The van der Waals surface area contributed by atoms with Crippen molar-refractivity contribution in [3.63, 3.8) is 0 Å². The smallest absolute Gasteiger partial charge is 0.0326 e. The molecular weight excluding hydrogens is 299 g/mol. The van der Waals surface area contributed by atoms with Gasteiger partial charge in [-0.1, -0.05) is 21.4 Å². The predicted octanol–water partition coefficient (Wildman–Crippen LogP) is 2.16. The molecule has 0 fully saturated rings. The molecule has 17 heavy (non-hydrogen) atoms. The normalized spacial score (nSPS) is 13.0. The van der Waals surface area contributed by atoms with Crippen molar-refractivity contribution in [3.05, 3.63) is 0 Å². The maximum Gasteiger partial charge on any atom is 0.0326 e. The maximum atomic E-state index is 11.4. The summed E-state index contributed by atoms with van der Waals surface area (Å²) in [7, 11) is -4.65. The standard InChI is InChI=1S/C10H22ClO3PS2/c1-3-16-7-5-10(9-11,15(12,13)14)6-8-17-4-2/h3-9H2,1-2H3,(H2,12,13,14)/p-2. The Morgan fingerprint density at radius 3 is 1.76 bits per heavy atom. The average Bonchev–Trinajstić information content (AvgIpc) is 2.26. The molecule has 0 heterocycles. The van der Waals surface area contributed by atoms with E-state index in [0.717, 1.165) is 11.5 Å². The van der Waals surface area contributed by atoms with Gasteiger partial charge in [0.05, 0.1) is 0 Å². The van der Waals surface area contributed by atoms with Crippen molar-refractivity contribution in [3.8, 4) is 0 Å². The molecule has 0 aromatic rings. The van der Waals surface area contributed by atoms with Crippen LogP contribution < -0.4 is 9.79 Å². The van der Waals surface area contributed by atoms with Crippen molar-refractivity contribution in [2.24, 2.45) is 0 Å². The van der Waals surface area contributed by atoms with Crippen LogP contribution in [0, 0.1) is 0 Å². The van der Waals surface area contributed by atoms with Crippen LogP contribution in [0.3, 0.4) is 0 Å². The monoisotopic (exact) mass is 318 g/mol. The van der Waals surface area contributed by atoms with Crippen LogP contribution in [0.5, 0.6) is 0 Å². The lowest BCUT2D eigenvalue weighted by Gasteiger charge is -2.49. The van der Waals surface area contributed by atoms with Crippen molar-refractivity contribution >= 4 is 42.7 Å². The molecule has 0 N–H and O–H groups in total. The Hall–Kier alpha value is 1.14. The summed E-state index contributed by atoms with van der Waals surface area (Å²) in [6.07, 6.45) is 0.729. The number of alkyl halides is 1. The predicted molar refractivity (Wildman–Crippen MR) is 76.3 cm³/mol. The lowest BCUT2D eigenvalue weighted by molar-refractivity contribution is -0.320. The minimum atomic E-state index is -4.65. The molecule has 0 radical (unpaired) electrons. The Morgan fingerprint density at radius 2 is 1.53 bits per heavy atom. The first-order chi connectivity index (χ1) is 7.93. The second-order valence-corrected chi connectivity index (χ2v) is 8.75. The molecule has 0 aliphatic carbocycles. The molecule has 0 bridgehead atoms. The second-order valence-electron chi connectivity index (χ2n) is 3.75. The van der Waals surface area contributed by atoms with Gasteiger partial charge in [0.2, 0.25) is 0 Å². The topological polar surface area (TPSA) is 63.2 Å². The Balaban J connectivity index is 4.58. The number of rotatable bonds is 10. The minimum Gasteiger partial charge on any atom is -0.810 e. The highest BCUT2D eigenvalue weighted by Crippen LogP contribution is 2.49. The van der Waals surface area contributed by atoms with E-state index >= 15 is 0 Å². The Morgan fingerprint density at radius 1 is 1.12 bits per heavy atom. The molecule has 0 aliphatic rings. The van der Waals surface area contributed by atoms with Gasteiger partial charge in [-0.15, -0.1) is 11.6 Å². The molecule has 0 aromatic heterocycles. The lowest BCUT2D eigenvalue weighted by Crippen LogP contribution is -2.42. The summed E-state index contributed by atoms with van der Waals surface area (Å²) >= 11 is 9.06. The van der Waals surface area contributed by atoms with Crippen molar-refractivity contribution in [1.29, 1.82) is 0 Å². The summed E-state index contributed by atoms with van der Waals surface area (Å²) < 4.78 is 11.4. The molecule has 3 nitrogen and oxygen atoms in total. The van der Waals surface area contributed by atoms with Crippen molar-refractivity contribution < 1.29 is 14.4 Å². The molecule has 0 unspecified atom stereocenters. The fourth-order valence-electron chi connectivity index (χ4n) is 1.42. The van der Waals surface area contributed by atoms with Crippen LogP contribution in [0.2, 0.25) is 0 Å². The molecule has 0 aromatic carbocycles. The first-order valence-electron chi connectivity index (χ1n) is 5.67. The summed E-state index contributed by atoms with van der Waals surface area (Å²) in [5.74, 6) is 3.10. The highest BCUT2D eigenvalue weighted by molar-refractivity contribution is 7.99. The Labute approximate surface area is 118 Å². The molecule has 0 saturated carbocycles. The van der Waals surface area contributed by atoms with Gasteiger partial charge in [0, 0.05) is 11.0 Å². The van der Waals surface area contributed by atoms with Gasteiger partial charge in [-0.25, -0.2) is 0 Å². The molecule has 0 amide bonds. The summed E-state index contributed by atoms with van der Waals surface area (Å²) in [5, 5.41) is -1.25. The number of halogens is 1. The fraction of sp³-hybridized carbons (Fsp3) is 1.00. The summed E-state index contributed by atoms with van der Waals surface area (Å²) in [6.45, 7) is 4.02. The molecule has 0 atom stereocenters. The lowest BCUT2D eigenvalue weighted by atomic mass is 10.1. The minimum absolute atomic E-state index is 0.0914. The molecule has 7 heteroatoms. The highest BCUT2D eigenvalue weighted by Gasteiger charge is 2.32. The third-order valence-electron chi connectivity index (χ3n) is 2.66. The third-order valence-corrected chi connectivity index (χ3v) is 6.93. The quantitative estimate of drug-likeness (QED) is 0.351. The van der Waals surface area contributed by atoms with Gasteiger partial charge in [0.15, 0.2) is 0 Å². The van der Waals surface area contributed by atoms with Crippen molar-refractivity contribution in [1.82, 2.24) is 0 Å². The van der Waals surface area contributed by atoms with E-state index in [2.05, 4.69) is 0 Å². The van der Waals surface area contributed by atoms with Crippen LogP contribution in [0.15, 0.2) is 0 Å². The third kappa shape index (κ3) is 6.22. The zero-order valence-electron chi connectivity index (χ0n) is 10.3. The summed E-state index contributed by atoms with van der Waals surface area (Å²) in [6, 6.07) is 0. The average molecular weight is 319 g/mol. The van der Waals surface area contributed by atoms with Crippen LogP contribution in [0.25, 0.3) is 0 Å². The van der Waals surface area contributed by atoms with Gasteiger partial charge >= 0.3 is 0 Å². The maximum absolute atomic E-state index is 11.4. The summed E-state index contributed by atoms with van der Waals surface area (Å²) in [5.41, 5.74) is 0. The molecule has 0 rings (SSSR count). The van der Waals surface area contributed by atoms with E-state index in [-0.39, 0.29) is 5.88 Å². The fourth-order valence-corrected chi connectivity index (χ4v) is 4.99. The second kappa shape index (κ2) is 9.11. The van der Waals surface area contributed by atoms with E-state index < -0.39 is 12.8 Å². The van der Waals surface area contributed by atoms with E-state index in [0.29, 0.717) is 24.3 Å². The number of thioether (sulfide) groups is 2. The first kappa shape index (κ1) is 18.1.